The molecule has 1 aliphatic rings. The monoisotopic (exact) mass is 368 g/mol. The van der Waals surface area contributed by atoms with Gasteiger partial charge >= 0.3 is 0 Å². The second-order valence-electron chi connectivity index (χ2n) is 6.22. The van der Waals surface area contributed by atoms with E-state index in [-0.39, 0.29) is 16.5 Å². The quantitative estimate of drug-likeness (QED) is 0.696. The van der Waals surface area contributed by atoms with Crippen molar-refractivity contribution >= 4 is 33.7 Å². The highest BCUT2D eigenvalue weighted by Crippen LogP contribution is 2.22. The van der Waals surface area contributed by atoms with Crippen molar-refractivity contribution in [2.24, 2.45) is 0 Å². The van der Waals surface area contributed by atoms with Crippen LogP contribution in [0.2, 0.25) is 0 Å². The molecule has 0 unspecified atom stereocenters. The predicted octanol–water partition coefficient (Wildman–Crippen LogP) is 3.36. The molecular weight excluding hydrogens is 351 g/mol. The topological polar surface area (TPSA) is 40.6 Å². The molecule has 4 nitrogen and oxygen atoms in total. The summed E-state index contributed by atoms with van der Waals surface area (Å²) in [6, 6.07) is 15.7. The minimum atomic E-state index is -0.250. The predicted molar refractivity (Wildman–Crippen MR) is 103 cm³/mol. The van der Waals surface area contributed by atoms with E-state index >= 15 is 0 Å². The maximum atomic E-state index is 13.9. The lowest BCUT2D eigenvalue weighted by atomic mass is 10.2. The summed E-state index contributed by atoms with van der Waals surface area (Å²) in [7, 11) is 0. The van der Waals surface area contributed by atoms with Gasteiger partial charge in [-0.05, 0) is 29.7 Å². The van der Waals surface area contributed by atoms with Gasteiger partial charge in [0.1, 0.15) is 5.82 Å². The second-order valence-corrected chi connectivity index (χ2v) is 7.23. The molecule has 2 heterocycles. The number of amides is 1. The van der Waals surface area contributed by atoms with Gasteiger partial charge < -0.3 is 9.80 Å². The number of hydrogen-bond donors (Lipinski definition) is 0. The molecule has 0 atom stereocenters. The maximum absolute atomic E-state index is 13.9. The molecule has 1 amide bonds. The molecule has 2 aromatic carbocycles. The van der Waals surface area contributed by atoms with Crippen molar-refractivity contribution in [3.05, 3.63) is 74.8 Å². The third kappa shape index (κ3) is 3.08. The molecule has 26 heavy (non-hydrogen) atoms. The van der Waals surface area contributed by atoms with Gasteiger partial charge in [-0.1, -0.05) is 41.7 Å². The fourth-order valence-corrected chi connectivity index (χ4v) is 4.15. The highest BCUT2D eigenvalue weighted by atomic mass is 32.1. The molecule has 4 rings (SSSR count). The molecule has 0 bridgehead atoms. The number of hydrogen-bond acceptors (Lipinski definition) is 4. The van der Waals surface area contributed by atoms with Gasteiger partial charge in [0.25, 0.3) is 5.91 Å². The maximum Gasteiger partial charge on any atom is 0.264 e. The van der Waals surface area contributed by atoms with E-state index in [0.29, 0.717) is 42.1 Å². The van der Waals surface area contributed by atoms with Gasteiger partial charge in [-0.3, -0.25) is 9.59 Å². The van der Waals surface area contributed by atoms with Crippen LogP contribution in [0.25, 0.3) is 10.8 Å². The second kappa shape index (κ2) is 6.88. The van der Waals surface area contributed by atoms with E-state index in [9.17, 15) is 14.0 Å². The van der Waals surface area contributed by atoms with E-state index in [4.69, 9.17) is 0 Å². The van der Waals surface area contributed by atoms with Crippen LogP contribution in [0.5, 0.6) is 0 Å². The minimum Gasteiger partial charge on any atom is -0.366 e. The van der Waals surface area contributed by atoms with E-state index in [0.717, 1.165) is 16.7 Å². The van der Waals surface area contributed by atoms with Crippen molar-refractivity contribution in [1.82, 2.24) is 4.90 Å². The van der Waals surface area contributed by atoms with E-state index in [1.54, 1.807) is 29.2 Å². The third-order valence-electron chi connectivity index (χ3n) is 4.64. The Balaban J connectivity index is 1.52. The average Bonchev–Trinajstić information content (AvgIpc) is 2.68. The Hall–Kier alpha value is -2.73. The molecule has 0 saturated carbocycles. The number of nitrogens with zero attached hydrogens (tertiary/aromatic N) is 2. The van der Waals surface area contributed by atoms with Crippen LogP contribution < -0.4 is 9.64 Å². The largest absolute Gasteiger partial charge is 0.366 e. The number of halogens is 1. The van der Waals surface area contributed by atoms with Crippen LogP contribution in [0, 0.1) is 5.82 Å². The van der Waals surface area contributed by atoms with Gasteiger partial charge in [0.2, 0.25) is 4.74 Å². The van der Waals surface area contributed by atoms with Gasteiger partial charge in [-0.15, -0.1) is 0 Å². The summed E-state index contributed by atoms with van der Waals surface area (Å²) < 4.78 is 13.8. The SMILES string of the molecule is O=C(c1cc2ccccc2c(=O)s1)N1CCN(c2ccccc2F)CC1. The normalized spacial score (nSPS) is 14.7. The summed E-state index contributed by atoms with van der Waals surface area (Å²) in [5.41, 5.74) is 0.565. The van der Waals surface area contributed by atoms with Gasteiger partial charge in [-0.2, -0.15) is 0 Å². The average molecular weight is 368 g/mol. The molecule has 0 N–H and O–H groups in total. The zero-order valence-corrected chi connectivity index (χ0v) is 14.8. The number of fused-ring (bicyclic) bond motifs is 1. The molecule has 0 aliphatic carbocycles. The first-order chi connectivity index (χ1) is 12.6. The lowest BCUT2D eigenvalue weighted by Crippen LogP contribution is -2.49. The Kier molecular flexibility index (Phi) is 4.42. The summed E-state index contributed by atoms with van der Waals surface area (Å²) in [6.07, 6.45) is 0. The Morgan fingerprint density at radius 3 is 2.42 bits per heavy atom. The minimum absolute atomic E-state index is 0.101. The zero-order valence-electron chi connectivity index (χ0n) is 14.0. The van der Waals surface area contributed by atoms with Gasteiger partial charge in [0.15, 0.2) is 0 Å². The van der Waals surface area contributed by atoms with Crippen molar-refractivity contribution in [2.75, 3.05) is 31.1 Å². The number of anilines is 1. The molecule has 132 valence electrons. The summed E-state index contributed by atoms with van der Waals surface area (Å²) in [6.45, 7) is 2.13. The van der Waals surface area contributed by atoms with Gasteiger partial charge in [-0.25, -0.2) is 4.39 Å². The molecule has 1 saturated heterocycles. The van der Waals surface area contributed by atoms with Crippen molar-refractivity contribution in [3.63, 3.8) is 0 Å². The van der Waals surface area contributed by atoms with E-state index in [2.05, 4.69) is 0 Å². The number of rotatable bonds is 2. The molecule has 0 radical (unpaired) electrons. The van der Waals surface area contributed by atoms with Crippen LogP contribution in [-0.4, -0.2) is 37.0 Å². The molecular formula is C20H17FN2O2S. The van der Waals surface area contributed by atoms with Crippen LogP contribution in [0.15, 0.2) is 59.4 Å². The molecule has 1 aromatic heterocycles. The first kappa shape index (κ1) is 16.7. The fraction of sp³-hybridized carbons (Fsp3) is 0.200. The molecule has 0 spiro atoms. The van der Waals surface area contributed by atoms with Crippen LogP contribution in [-0.2, 0) is 0 Å². The lowest BCUT2D eigenvalue weighted by Gasteiger charge is -2.36. The molecule has 6 heteroatoms. The van der Waals surface area contributed by atoms with E-state index in [1.807, 2.05) is 29.2 Å². The van der Waals surface area contributed by atoms with Crippen LogP contribution >= 0.6 is 11.3 Å². The zero-order chi connectivity index (χ0) is 18.1. The standard InChI is InChI=1S/C20H17FN2O2S/c21-16-7-3-4-8-17(16)22-9-11-23(12-10-22)19(24)18-13-14-5-1-2-6-15(14)20(25)26-18/h1-8,13H,9-12H2. The Morgan fingerprint density at radius 2 is 1.65 bits per heavy atom. The Labute approximate surface area is 154 Å². The number of carbonyl (C=O) groups excluding carboxylic acids is 1. The molecule has 1 fully saturated rings. The lowest BCUT2D eigenvalue weighted by molar-refractivity contribution is 0.0751. The van der Waals surface area contributed by atoms with Crippen LogP contribution in [0.4, 0.5) is 10.1 Å². The van der Waals surface area contributed by atoms with Gasteiger partial charge in [0.05, 0.1) is 10.6 Å². The highest BCUT2D eigenvalue weighted by Gasteiger charge is 2.24. The Bertz CT molecular complexity index is 1030. The van der Waals surface area contributed by atoms with E-state index < -0.39 is 0 Å². The molecule has 3 aromatic rings. The summed E-state index contributed by atoms with van der Waals surface area (Å²) in [5.74, 6) is -0.383. The van der Waals surface area contributed by atoms with Crippen molar-refractivity contribution < 1.29 is 9.18 Å². The number of carbonyl (C=O) groups is 1. The smallest absolute Gasteiger partial charge is 0.264 e. The first-order valence-corrected chi connectivity index (χ1v) is 9.27. The highest BCUT2D eigenvalue weighted by molar-refractivity contribution is 7.12. The summed E-state index contributed by atoms with van der Waals surface area (Å²) >= 11 is 0.988. The number of para-hydroxylation sites is 1. The Morgan fingerprint density at radius 1 is 0.962 bits per heavy atom. The van der Waals surface area contributed by atoms with Gasteiger partial charge in [0, 0.05) is 31.6 Å². The van der Waals surface area contributed by atoms with Crippen LogP contribution in [0.1, 0.15) is 9.67 Å². The number of piperazine rings is 1. The van der Waals surface area contributed by atoms with Crippen LogP contribution in [0.3, 0.4) is 0 Å². The third-order valence-corrected chi connectivity index (χ3v) is 5.56. The summed E-state index contributed by atoms with van der Waals surface area (Å²) in [5, 5.41) is 1.42. The van der Waals surface area contributed by atoms with E-state index in [1.165, 1.54) is 6.07 Å². The van der Waals surface area contributed by atoms with Crippen molar-refractivity contribution in [1.29, 1.82) is 0 Å². The summed E-state index contributed by atoms with van der Waals surface area (Å²) in [4.78, 5) is 29.2. The number of benzene rings is 2. The molecule has 1 aliphatic heterocycles. The first-order valence-electron chi connectivity index (χ1n) is 8.45. The van der Waals surface area contributed by atoms with Crippen molar-refractivity contribution in [3.8, 4) is 0 Å². The fourth-order valence-electron chi connectivity index (χ4n) is 3.25. The van der Waals surface area contributed by atoms with Crippen molar-refractivity contribution in [2.45, 2.75) is 0 Å².